The van der Waals surface area contributed by atoms with Gasteiger partial charge < -0.3 is 9.47 Å². The first-order valence-corrected chi connectivity index (χ1v) is 14.1. The van der Waals surface area contributed by atoms with E-state index >= 15 is 0 Å². The second kappa shape index (κ2) is 13.7. The molecule has 0 aromatic heterocycles. The number of ether oxygens (including phenoxy) is 2. The van der Waals surface area contributed by atoms with E-state index in [2.05, 4.69) is 34.1 Å². The lowest BCUT2D eigenvalue weighted by Gasteiger charge is -2.31. The van der Waals surface area contributed by atoms with Gasteiger partial charge in [-0.25, -0.2) is 18.4 Å². The number of halogens is 3. The SMILES string of the molecule is CCC[C@H](F)C(=O)OC1CCC(c2ccc(C3CCC(OC(=O)[C@@H](F)CCC)CC3)c(Br)c2)CC1. The molecule has 2 saturated carbocycles. The summed E-state index contributed by atoms with van der Waals surface area (Å²) in [6.07, 6.45) is 4.97. The largest absolute Gasteiger partial charge is 0.460 e. The Kier molecular flexibility index (Phi) is 11.0. The molecular formula is C28H39BrF2O4. The summed E-state index contributed by atoms with van der Waals surface area (Å²) in [5, 5.41) is 0. The monoisotopic (exact) mass is 556 g/mol. The quantitative estimate of drug-likeness (QED) is 0.275. The van der Waals surface area contributed by atoms with E-state index in [9.17, 15) is 18.4 Å². The van der Waals surface area contributed by atoms with Gasteiger partial charge in [0.05, 0.1) is 0 Å². The van der Waals surface area contributed by atoms with E-state index in [0.29, 0.717) is 24.7 Å². The Morgan fingerprint density at radius 2 is 1.29 bits per heavy atom. The molecule has 0 heterocycles. The molecule has 0 saturated heterocycles. The second-order valence-electron chi connectivity index (χ2n) is 10.1. The number of benzene rings is 1. The number of carbonyl (C=O) groups is 2. The summed E-state index contributed by atoms with van der Waals surface area (Å²) >= 11 is 3.77. The van der Waals surface area contributed by atoms with Crippen LogP contribution < -0.4 is 0 Å². The van der Waals surface area contributed by atoms with Gasteiger partial charge in [0.15, 0.2) is 12.3 Å². The van der Waals surface area contributed by atoms with Gasteiger partial charge in [-0.05, 0) is 93.2 Å². The minimum Gasteiger partial charge on any atom is -0.460 e. The maximum absolute atomic E-state index is 13.8. The zero-order valence-electron chi connectivity index (χ0n) is 20.9. The maximum Gasteiger partial charge on any atom is 0.340 e. The third kappa shape index (κ3) is 7.99. The van der Waals surface area contributed by atoms with Crippen molar-refractivity contribution in [3.63, 3.8) is 0 Å². The van der Waals surface area contributed by atoms with Crippen LogP contribution in [0.1, 0.15) is 114 Å². The first kappa shape index (κ1) is 28.1. The predicted octanol–water partition coefficient (Wildman–Crippen LogP) is 7.86. The van der Waals surface area contributed by atoms with Crippen molar-refractivity contribution in [1.82, 2.24) is 0 Å². The van der Waals surface area contributed by atoms with Crippen LogP contribution in [-0.4, -0.2) is 36.5 Å². The fourth-order valence-electron chi connectivity index (χ4n) is 5.35. The molecular weight excluding hydrogens is 518 g/mol. The van der Waals surface area contributed by atoms with Gasteiger partial charge in [-0.2, -0.15) is 0 Å². The molecule has 2 fully saturated rings. The molecule has 0 N–H and O–H groups in total. The molecule has 0 spiro atoms. The molecule has 0 bridgehead atoms. The molecule has 0 radical (unpaired) electrons. The highest BCUT2D eigenvalue weighted by molar-refractivity contribution is 9.10. The Balaban J connectivity index is 1.47. The van der Waals surface area contributed by atoms with Crippen LogP contribution in [0.15, 0.2) is 22.7 Å². The molecule has 0 unspecified atom stereocenters. The van der Waals surface area contributed by atoms with Gasteiger partial charge in [0, 0.05) is 4.47 Å². The standard InChI is InChI=1S/C28H39BrF2O4/c1-3-5-25(30)27(32)34-21-12-7-18(8-13-21)20-11-16-23(24(29)17-20)19-9-14-22(15-10-19)35-28(33)26(31)6-4-2/h11,16-19,21-22,25-26H,3-10,12-15H2,1-2H3/t18?,19?,21?,22?,25-,26-/m0/s1. The molecule has 1 aromatic carbocycles. The summed E-state index contributed by atoms with van der Waals surface area (Å²) in [6, 6.07) is 6.59. The number of hydrogen-bond donors (Lipinski definition) is 0. The molecule has 2 atom stereocenters. The first-order valence-electron chi connectivity index (χ1n) is 13.3. The second-order valence-corrected chi connectivity index (χ2v) is 11.0. The highest BCUT2D eigenvalue weighted by Crippen LogP contribution is 2.41. The van der Waals surface area contributed by atoms with Crippen molar-refractivity contribution in [2.45, 2.75) is 127 Å². The van der Waals surface area contributed by atoms with E-state index in [1.165, 1.54) is 11.1 Å². The Morgan fingerprint density at radius 3 is 1.71 bits per heavy atom. The van der Waals surface area contributed by atoms with Crippen molar-refractivity contribution in [2.75, 3.05) is 0 Å². The number of hydrogen-bond acceptors (Lipinski definition) is 4. The number of rotatable bonds is 10. The third-order valence-corrected chi connectivity index (χ3v) is 8.13. The van der Waals surface area contributed by atoms with E-state index in [0.717, 1.165) is 55.8 Å². The Labute approximate surface area is 216 Å². The number of alkyl halides is 2. The molecule has 0 aliphatic heterocycles. The highest BCUT2D eigenvalue weighted by Gasteiger charge is 2.30. The van der Waals surface area contributed by atoms with Gasteiger partial charge in [0.2, 0.25) is 0 Å². The van der Waals surface area contributed by atoms with Crippen LogP contribution in [0.5, 0.6) is 0 Å². The van der Waals surface area contributed by atoms with E-state index in [1.54, 1.807) is 0 Å². The minimum atomic E-state index is -1.51. The van der Waals surface area contributed by atoms with Gasteiger partial charge >= 0.3 is 11.9 Å². The molecule has 2 aliphatic rings. The first-order chi connectivity index (χ1) is 16.8. The molecule has 3 rings (SSSR count). The van der Waals surface area contributed by atoms with E-state index in [1.807, 2.05) is 13.8 Å². The van der Waals surface area contributed by atoms with Gasteiger partial charge in [0.25, 0.3) is 0 Å². The van der Waals surface area contributed by atoms with E-state index in [4.69, 9.17) is 9.47 Å². The normalized spacial score (nSPS) is 26.5. The van der Waals surface area contributed by atoms with Crippen molar-refractivity contribution in [3.05, 3.63) is 33.8 Å². The maximum atomic E-state index is 13.8. The number of esters is 2. The molecule has 4 nitrogen and oxygen atoms in total. The molecule has 35 heavy (non-hydrogen) atoms. The summed E-state index contributed by atoms with van der Waals surface area (Å²) in [5.41, 5.74) is 2.53. The predicted molar refractivity (Wildman–Crippen MR) is 136 cm³/mol. The average molecular weight is 558 g/mol. The van der Waals surface area contributed by atoms with Crippen molar-refractivity contribution in [2.24, 2.45) is 0 Å². The van der Waals surface area contributed by atoms with Gasteiger partial charge in [-0.15, -0.1) is 0 Å². The summed E-state index contributed by atoms with van der Waals surface area (Å²) in [5.74, 6) is -0.635. The minimum absolute atomic E-state index is 0.185. The summed E-state index contributed by atoms with van der Waals surface area (Å²) in [6.45, 7) is 3.71. The Hall–Kier alpha value is -1.50. The van der Waals surface area contributed by atoms with Crippen molar-refractivity contribution in [1.29, 1.82) is 0 Å². The van der Waals surface area contributed by atoms with Crippen LogP contribution in [0, 0.1) is 0 Å². The molecule has 196 valence electrons. The molecule has 7 heteroatoms. The fraction of sp³-hybridized carbons (Fsp3) is 0.714. The number of carbonyl (C=O) groups excluding carboxylic acids is 2. The molecule has 1 aromatic rings. The Morgan fingerprint density at radius 1 is 0.829 bits per heavy atom. The summed E-state index contributed by atoms with van der Waals surface area (Å²) in [7, 11) is 0. The van der Waals surface area contributed by atoms with Crippen LogP contribution in [0.25, 0.3) is 0 Å². The zero-order valence-corrected chi connectivity index (χ0v) is 22.5. The van der Waals surface area contributed by atoms with Crippen LogP contribution in [0.4, 0.5) is 8.78 Å². The van der Waals surface area contributed by atoms with Crippen LogP contribution in [-0.2, 0) is 19.1 Å². The molecule has 2 aliphatic carbocycles. The van der Waals surface area contributed by atoms with Crippen molar-refractivity contribution in [3.8, 4) is 0 Å². The van der Waals surface area contributed by atoms with Crippen LogP contribution >= 0.6 is 15.9 Å². The fourth-order valence-corrected chi connectivity index (χ4v) is 6.07. The van der Waals surface area contributed by atoms with E-state index < -0.39 is 24.3 Å². The van der Waals surface area contributed by atoms with Crippen molar-refractivity contribution < 1.29 is 27.8 Å². The lowest BCUT2D eigenvalue weighted by Crippen LogP contribution is -2.28. The van der Waals surface area contributed by atoms with Gasteiger partial charge in [0.1, 0.15) is 12.2 Å². The van der Waals surface area contributed by atoms with E-state index in [-0.39, 0.29) is 25.0 Å². The zero-order chi connectivity index (χ0) is 25.4. The smallest absolute Gasteiger partial charge is 0.340 e. The summed E-state index contributed by atoms with van der Waals surface area (Å²) in [4.78, 5) is 23.7. The van der Waals surface area contributed by atoms with Gasteiger partial charge in [-0.3, -0.25) is 0 Å². The average Bonchev–Trinajstić information content (AvgIpc) is 2.85. The van der Waals surface area contributed by atoms with Crippen LogP contribution in [0.3, 0.4) is 0 Å². The third-order valence-electron chi connectivity index (χ3n) is 7.45. The lowest BCUT2D eigenvalue weighted by molar-refractivity contribution is -0.157. The molecule has 0 amide bonds. The topological polar surface area (TPSA) is 52.6 Å². The highest BCUT2D eigenvalue weighted by atomic mass is 79.9. The summed E-state index contributed by atoms with van der Waals surface area (Å²) < 4.78 is 39.4. The Bertz CT molecular complexity index is 832. The lowest BCUT2D eigenvalue weighted by atomic mass is 9.80. The van der Waals surface area contributed by atoms with Crippen molar-refractivity contribution >= 4 is 27.9 Å². The van der Waals surface area contributed by atoms with Gasteiger partial charge in [-0.1, -0.05) is 54.8 Å². The van der Waals surface area contributed by atoms with Crippen LogP contribution in [0.2, 0.25) is 0 Å².